The van der Waals surface area contributed by atoms with Crippen LogP contribution in [0.4, 0.5) is 13.2 Å². The van der Waals surface area contributed by atoms with E-state index in [1.54, 1.807) is 25.1 Å². The number of rotatable bonds is 1. The van der Waals surface area contributed by atoms with Gasteiger partial charge in [-0.1, -0.05) is 42.5 Å². The molecule has 2 aromatic carbocycles. The molecule has 0 saturated heterocycles. The second kappa shape index (κ2) is 4.70. The molecule has 0 bridgehead atoms. The Morgan fingerprint density at radius 3 is 2.33 bits per heavy atom. The van der Waals surface area contributed by atoms with Crippen LogP contribution >= 0.6 is 0 Å². The van der Waals surface area contributed by atoms with Crippen LogP contribution in [0.25, 0.3) is 22.5 Å². The molecular formula is C18H12F3NO2. The van der Waals surface area contributed by atoms with Crippen molar-refractivity contribution in [3.63, 3.8) is 0 Å². The fourth-order valence-corrected chi connectivity index (χ4v) is 3.30. The maximum atomic E-state index is 13.8. The average Bonchev–Trinajstić information content (AvgIpc) is 3.09. The molecule has 24 heavy (non-hydrogen) atoms. The Labute approximate surface area is 135 Å². The number of aryl methyl sites for hydroxylation is 1. The van der Waals surface area contributed by atoms with Crippen LogP contribution in [0.3, 0.4) is 0 Å². The van der Waals surface area contributed by atoms with Gasteiger partial charge < -0.3 is 9.52 Å². The predicted molar refractivity (Wildman–Crippen MR) is 81.2 cm³/mol. The molecule has 0 aliphatic heterocycles. The van der Waals surface area contributed by atoms with Crippen LogP contribution in [0.5, 0.6) is 0 Å². The molecule has 0 saturated carbocycles. The summed E-state index contributed by atoms with van der Waals surface area (Å²) in [6, 6.07) is 10.5. The lowest BCUT2D eigenvalue weighted by atomic mass is 9.90. The van der Waals surface area contributed by atoms with Gasteiger partial charge in [0.05, 0.1) is 6.20 Å². The summed E-state index contributed by atoms with van der Waals surface area (Å²) in [5, 5.41) is 10.6. The van der Waals surface area contributed by atoms with Crippen molar-refractivity contribution in [2.45, 2.75) is 18.7 Å². The molecule has 3 aromatic rings. The van der Waals surface area contributed by atoms with E-state index in [0.29, 0.717) is 28.3 Å². The van der Waals surface area contributed by atoms with Crippen molar-refractivity contribution in [3.8, 4) is 22.5 Å². The van der Waals surface area contributed by atoms with Crippen molar-refractivity contribution in [2.75, 3.05) is 0 Å². The number of aliphatic hydroxyl groups is 1. The molecule has 1 aliphatic carbocycles. The Balaban J connectivity index is 2.10. The monoisotopic (exact) mass is 331 g/mol. The second-order valence-electron chi connectivity index (χ2n) is 5.73. The zero-order valence-corrected chi connectivity index (χ0v) is 12.6. The summed E-state index contributed by atoms with van der Waals surface area (Å²) in [6.45, 7) is 1.66. The zero-order chi connectivity index (χ0) is 17.1. The first-order valence-electron chi connectivity index (χ1n) is 7.29. The minimum absolute atomic E-state index is 0.170. The van der Waals surface area contributed by atoms with Gasteiger partial charge in [-0.2, -0.15) is 13.2 Å². The van der Waals surface area contributed by atoms with Crippen molar-refractivity contribution >= 4 is 0 Å². The number of benzene rings is 2. The van der Waals surface area contributed by atoms with Crippen molar-refractivity contribution in [1.29, 1.82) is 0 Å². The molecule has 1 unspecified atom stereocenters. The number of hydrogen-bond donors (Lipinski definition) is 1. The van der Waals surface area contributed by atoms with E-state index in [1.165, 1.54) is 30.5 Å². The van der Waals surface area contributed by atoms with E-state index in [4.69, 9.17) is 4.42 Å². The Bertz CT molecular complexity index is 945. The van der Waals surface area contributed by atoms with E-state index in [1.807, 2.05) is 0 Å². The van der Waals surface area contributed by atoms with E-state index in [9.17, 15) is 18.3 Å². The molecule has 122 valence electrons. The summed E-state index contributed by atoms with van der Waals surface area (Å²) in [5.74, 6) is 0.783. The number of fused-ring (bicyclic) bond motifs is 3. The van der Waals surface area contributed by atoms with Crippen molar-refractivity contribution in [1.82, 2.24) is 4.98 Å². The Hall–Kier alpha value is -2.60. The van der Waals surface area contributed by atoms with Gasteiger partial charge in [0.1, 0.15) is 0 Å². The van der Waals surface area contributed by atoms with Crippen molar-refractivity contribution < 1.29 is 22.7 Å². The summed E-state index contributed by atoms with van der Waals surface area (Å²) >= 11 is 0. The molecule has 1 N–H and O–H groups in total. The van der Waals surface area contributed by atoms with Crippen molar-refractivity contribution in [2.24, 2.45) is 0 Å². The van der Waals surface area contributed by atoms with Gasteiger partial charge >= 0.3 is 6.18 Å². The second-order valence-corrected chi connectivity index (χ2v) is 5.73. The summed E-state index contributed by atoms with van der Waals surface area (Å²) in [6.07, 6.45) is -3.37. The van der Waals surface area contributed by atoms with Gasteiger partial charge in [-0.15, -0.1) is 0 Å². The Morgan fingerprint density at radius 1 is 1.00 bits per heavy atom. The fourth-order valence-electron chi connectivity index (χ4n) is 3.30. The topological polar surface area (TPSA) is 46.3 Å². The minimum atomic E-state index is -4.84. The number of nitrogens with zero attached hydrogens (tertiary/aromatic N) is 1. The summed E-state index contributed by atoms with van der Waals surface area (Å²) < 4.78 is 46.8. The van der Waals surface area contributed by atoms with E-state index < -0.39 is 11.8 Å². The summed E-state index contributed by atoms with van der Waals surface area (Å²) in [5.41, 5.74) is -2.26. The predicted octanol–water partition coefficient (Wildman–Crippen LogP) is 4.43. The summed E-state index contributed by atoms with van der Waals surface area (Å²) in [4.78, 5) is 4.01. The zero-order valence-electron chi connectivity index (χ0n) is 12.6. The lowest BCUT2D eigenvalue weighted by Gasteiger charge is -2.28. The van der Waals surface area contributed by atoms with Gasteiger partial charge in [-0.05, 0) is 11.1 Å². The van der Waals surface area contributed by atoms with Gasteiger partial charge in [-0.3, -0.25) is 0 Å². The van der Waals surface area contributed by atoms with E-state index in [-0.39, 0.29) is 11.1 Å². The highest BCUT2D eigenvalue weighted by Crippen LogP contribution is 2.56. The third-order valence-corrected chi connectivity index (χ3v) is 4.34. The first-order chi connectivity index (χ1) is 11.3. The highest BCUT2D eigenvalue weighted by molar-refractivity contribution is 5.91. The molecule has 1 heterocycles. The first-order valence-corrected chi connectivity index (χ1v) is 7.29. The number of oxazole rings is 1. The molecular weight excluding hydrogens is 319 g/mol. The smallest absolute Gasteiger partial charge is 0.425 e. The van der Waals surface area contributed by atoms with E-state index >= 15 is 0 Å². The summed E-state index contributed by atoms with van der Waals surface area (Å²) in [7, 11) is 0. The van der Waals surface area contributed by atoms with Gasteiger partial charge in [0.25, 0.3) is 0 Å². The maximum Gasteiger partial charge on any atom is 0.425 e. The van der Waals surface area contributed by atoms with Crippen LogP contribution in [0, 0.1) is 6.92 Å². The van der Waals surface area contributed by atoms with Crippen LogP contribution in [0.1, 0.15) is 17.0 Å². The van der Waals surface area contributed by atoms with Crippen LogP contribution in [-0.4, -0.2) is 16.3 Å². The average molecular weight is 331 g/mol. The number of alkyl halides is 3. The lowest BCUT2D eigenvalue weighted by Crippen LogP contribution is -2.41. The van der Waals surface area contributed by atoms with Crippen LogP contribution in [0.2, 0.25) is 0 Å². The molecule has 1 aliphatic rings. The molecule has 0 radical (unpaired) electrons. The highest BCUT2D eigenvalue weighted by atomic mass is 19.4. The molecule has 0 fully saturated rings. The van der Waals surface area contributed by atoms with E-state index in [2.05, 4.69) is 4.98 Å². The fraction of sp³-hybridized carbons (Fsp3) is 0.167. The maximum absolute atomic E-state index is 13.8. The molecule has 6 heteroatoms. The van der Waals surface area contributed by atoms with Gasteiger partial charge in [0.15, 0.2) is 11.7 Å². The molecule has 1 aromatic heterocycles. The standard InChI is InChI=1S/C18H12F3NO2/c1-10-22-9-15(24-10)12-6-4-8-14-16(12)11-5-2-3-7-13(11)17(14,23)18(19,20)21/h2-9,23H,1H3. The largest absolute Gasteiger partial charge is 0.441 e. The van der Waals surface area contributed by atoms with Crippen molar-refractivity contribution in [3.05, 3.63) is 65.7 Å². The Kier molecular flexibility index (Phi) is 2.93. The van der Waals surface area contributed by atoms with Crippen LogP contribution < -0.4 is 0 Å². The Morgan fingerprint density at radius 2 is 1.67 bits per heavy atom. The van der Waals surface area contributed by atoms with Gasteiger partial charge in [0, 0.05) is 23.6 Å². The highest BCUT2D eigenvalue weighted by Gasteiger charge is 2.61. The van der Waals surface area contributed by atoms with Gasteiger partial charge in [-0.25, -0.2) is 4.98 Å². The SMILES string of the molecule is Cc1ncc(-c2cccc3c2-c2ccccc2C3(O)C(F)(F)F)o1. The number of hydrogen-bond acceptors (Lipinski definition) is 3. The van der Waals surface area contributed by atoms with Crippen LogP contribution in [-0.2, 0) is 5.60 Å². The van der Waals surface area contributed by atoms with Crippen LogP contribution in [0.15, 0.2) is 53.1 Å². The quantitative estimate of drug-likeness (QED) is 0.717. The van der Waals surface area contributed by atoms with Gasteiger partial charge in [0.2, 0.25) is 5.60 Å². The van der Waals surface area contributed by atoms with E-state index in [0.717, 1.165) is 0 Å². The normalized spacial score (nSPS) is 19.2. The third-order valence-electron chi connectivity index (χ3n) is 4.34. The minimum Gasteiger partial charge on any atom is -0.441 e. The molecule has 3 nitrogen and oxygen atoms in total. The first kappa shape index (κ1) is 15.0. The third kappa shape index (κ3) is 1.80. The molecule has 0 amide bonds. The number of halogens is 3. The molecule has 1 atom stereocenters. The number of aromatic nitrogens is 1. The molecule has 4 rings (SSSR count). The lowest BCUT2D eigenvalue weighted by molar-refractivity contribution is -0.246. The molecule has 0 spiro atoms.